The van der Waals surface area contributed by atoms with Crippen LogP contribution in [0.5, 0.6) is 0 Å². The summed E-state index contributed by atoms with van der Waals surface area (Å²) in [4.78, 5) is 12.4. The Bertz CT molecular complexity index is 645. The van der Waals surface area contributed by atoms with Gasteiger partial charge < -0.3 is 0 Å². The number of sulfonamides is 1. The third-order valence-electron chi connectivity index (χ3n) is 4.35. The lowest BCUT2D eigenvalue weighted by molar-refractivity contribution is -0.384. The number of nitrogens with one attached hydrogen (secondary N) is 1. The predicted molar refractivity (Wildman–Crippen MR) is 87.8 cm³/mol. The molecule has 1 saturated heterocycles. The molecule has 2 atom stereocenters. The maximum absolute atomic E-state index is 12.3. The number of piperidine rings is 1. The number of nitrogens with zero attached hydrogens (tertiary/aromatic N) is 2. The molecular formula is C15H23N3O4S. The van der Waals surface area contributed by atoms with Crippen molar-refractivity contribution >= 4 is 15.7 Å². The molecule has 1 aliphatic heterocycles. The van der Waals surface area contributed by atoms with Crippen LogP contribution in [-0.4, -0.2) is 43.4 Å². The Morgan fingerprint density at radius 3 is 2.57 bits per heavy atom. The van der Waals surface area contributed by atoms with Crippen molar-refractivity contribution in [1.29, 1.82) is 0 Å². The first-order valence-electron chi connectivity index (χ1n) is 7.81. The fourth-order valence-corrected chi connectivity index (χ4v) is 4.07. The van der Waals surface area contributed by atoms with Crippen LogP contribution in [0.1, 0.15) is 33.1 Å². The molecule has 2 rings (SSSR count). The van der Waals surface area contributed by atoms with Crippen LogP contribution < -0.4 is 4.72 Å². The number of non-ortho nitro benzene ring substituents is 1. The third kappa shape index (κ3) is 4.49. The lowest BCUT2D eigenvalue weighted by Gasteiger charge is -2.38. The quantitative estimate of drug-likeness (QED) is 0.632. The van der Waals surface area contributed by atoms with E-state index in [9.17, 15) is 18.5 Å². The van der Waals surface area contributed by atoms with Gasteiger partial charge in [-0.1, -0.05) is 6.42 Å². The summed E-state index contributed by atoms with van der Waals surface area (Å²) < 4.78 is 27.2. The molecule has 1 heterocycles. The number of likely N-dealkylation sites (tertiary alicyclic amines) is 1. The lowest BCUT2D eigenvalue weighted by Crippen LogP contribution is -2.48. The zero-order chi connectivity index (χ0) is 17.0. The van der Waals surface area contributed by atoms with Crippen molar-refractivity contribution in [3.8, 4) is 0 Å². The highest BCUT2D eigenvalue weighted by atomic mass is 32.2. The van der Waals surface area contributed by atoms with Gasteiger partial charge in [-0.3, -0.25) is 15.0 Å². The molecule has 0 aromatic heterocycles. The monoisotopic (exact) mass is 341 g/mol. The SMILES string of the molecule is C[C@H](CNS(=O)(=O)c1ccc([N+](=O)[O-])cc1)N1CCCC[C@@H]1C. The molecule has 0 saturated carbocycles. The molecule has 1 aromatic carbocycles. The maximum Gasteiger partial charge on any atom is 0.269 e. The Labute approximate surface area is 136 Å². The van der Waals surface area contributed by atoms with Crippen molar-refractivity contribution in [1.82, 2.24) is 9.62 Å². The van der Waals surface area contributed by atoms with Crippen LogP contribution in [-0.2, 0) is 10.0 Å². The van der Waals surface area contributed by atoms with Crippen molar-refractivity contribution in [2.45, 2.75) is 50.1 Å². The minimum atomic E-state index is -3.65. The topological polar surface area (TPSA) is 92.5 Å². The molecule has 8 heteroatoms. The van der Waals surface area contributed by atoms with Crippen molar-refractivity contribution in [2.24, 2.45) is 0 Å². The Kier molecular flexibility index (Phi) is 5.72. The zero-order valence-corrected chi connectivity index (χ0v) is 14.3. The largest absolute Gasteiger partial charge is 0.297 e. The summed E-state index contributed by atoms with van der Waals surface area (Å²) in [7, 11) is -3.65. The molecular weight excluding hydrogens is 318 g/mol. The maximum atomic E-state index is 12.3. The summed E-state index contributed by atoms with van der Waals surface area (Å²) in [5.74, 6) is 0. The van der Waals surface area contributed by atoms with Gasteiger partial charge in [0.1, 0.15) is 0 Å². The Hall–Kier alpha value is -1.51. The van der Waals surface area contributed by atoms with E-state index in [2.05, 4.69) is 16.5 Å². The second kappa shape index (κ2) is 7.37. The molecule has 0 radical (unpaired) electrons. The fourth-order valence-electron chi connectivity index (χ4n) is 2.95. The lowest BCUT2D eigenvalue weighted by atomic mass is 10.0. The summed E-state index contributed by atoms with van der Waals surface area (Å²) in [6, 6.07) is 5.49. The normalized spacial score (nSPS) is 21.0. The minimum Gasteiger partial charge on any atom is -0.297 e. The van der Waals surface area contributed by atoms with E-state index in [0.717, 1.165) is 19.4 Å². The highest BCUT2D eigenvalue weighted by molar-refractivity contribution is 7.89. The van der Waals surface area contributed by atoms with Gasteiger partial charge >= 0.3 is 0 Å². The van der Waals surface area contributed by atoms with Crippen molar-refractivity contribution in [3.05, 3.63) is 34.4 Å². The van der Waals surface area contributed by atoms with Crippen molar-refractivity contribution in [2.75, 3.05) is 13.1 Å². The zero-order valence-electron chi connectivity index (χ0n) is 13.4. The van der Waals surface area contributed by atoms with E-state index >= 15 is 0 Å². The second-order valence-electron chi connectivity index (χ2n) is 6.03. The van der Waals surface area contributed by atoms with Crippen LogP contribution in [0.25, 0.3) is 0 Å². The molecule has 0 spiro atoms. The molecule has 0 bridgehead atoms. The van der Waals surface area contributed by atoms with Crippen LogP contribution in [0, 0.1) is 10.1 Å². The number of nitro benzene ring substituents is 1. The van der Waals surface area contributed by atoms with E-state index in [1.807, 2.05) is 6.92 Å². The average molecular weight is 341 g/mol. The molecule has 0 amide bonds. The Balaban J connectivity index is 1.99. The molecule has 23 heavy (non-hydrogen) atoms. The van der Waals surface area contributed by atoms with Crippen LogP contribution in [0.4, 0.5) is 5.69 Å². The highest BCUT2D eigenvalue weighted by Gasteiger charge is 2.24. The van der Waals surface area contributed by atoms with Crippen LogP contribution in [0.2, 0.25) is 0 Å². The van der Waals surface area contributed by atoms with Gasteiger partial charge in [0.25, 0.3) is 5.69 Å². The van der Waals surface area contributed by atoms with Gasteiger partial charge in [0.05, 0.1) is 9.82 Å². The smallest absolute Gasteiger partial charge is 0.269 e. The number of rotatable bonds is 6. The number of nitro groups is 1. The van der Waals surface area contributed by atoms with Crippen LogP contribution in [0.3, 0.4) is 0 Å². The molecule has 7 nitrogen and oxygen atoms in total. The predicted octanol–water partition coefficient (Wildman–Crippen LogP) is 2.14. The van der Waals surface area contributed by atoms with Gasteiger partial charge in [0.15, 0.2) is 0 Å². The van der Waals surface area contributed by atoms with E-state index in [1.165, 1.54) is 30.7 Å². The first-order valence-corrected chi connectivity index (χ1v) is 9.29. The summed E-state index contributed by atoms with van der Waals surface area (Å²) >= 11 is 0. The molecule has 1 aliphatic rings. The molecule has 1 N–H and O–H groups in total. The van der Waals surface area contributed by atoms with E-state index < -0.39 is 14.9 Å². The molecule has 128 valence electrons. The van der Waals surface area contributed by atoms with Gasteiger partial charge in [-0.2, -0.15) is 0 Å². The highest BCUT2D eigenvalue weighted by Crippen LogP contribution is 2.19. The molecule has 1 fully saturated rings. The number of benzene rings is 1. The standard InChI is InChI=1S/C15H23N3O4S/c1-12-5-3-4-10-17(12)13(2)11-16-23(21,22)15-8-6-14(7-9-15)18(19)20/h6-9,12-13,16H,3-5,10-11H2,1-2H3/t12-,13+/m0/s1. The minimum absolute atomic E-state index is 0.0435. The van der Waals surface area contributed by atoms with E-state index in [-0.39, 0.29) is 16.6 Å². The molecule has 0 unspecified atom stereocenters. The Morgan fingerprint density at radius 1 is 1.35 bits per heavy atom. The van der Waals surface area contributed by atoms with Gasteiger partial charge in [0, 0.05) is 30.8 Å². The summed E-state index contributed by atoms with van der Waals surface area (Å²) in [6.45, 7) is 5.49. The fraction of sp³-hybridized carbons (Fsp3) is 0.600. The summed E-state index contributed by atoms with van der Waals surface area (Å²) in [5, 5.41) is 10.6. The number of hydrogen-bond donors (Lipinski definition) is 1. The number of hydrogen-bond acceptors (Lipinski definition) is 5. The van der Waals surface area contributed by atoms with Crippen LogP contribution in [0.15, 0.2) is 29.2 Å². The third-order valence-corrected chi connectivity index (χ3v) is 5.79. The van der Waals surface area contributed by atoms with E-state index in [1.54, 1.807) is 0 Å². The summed E-state index contributed by atoms with van der Waals surface area (Å²) in [6.07, 6.45) is 3.50. The van der Waals surface area contributed by atoms with Gasteiger partial charge in [-0.15, -0.1) is 0 Å². The van der Waals surface area contributed by atoms with Crippen molar-refractivity contribution in [3.63, 3.8) is 0 Å². The second-order valence-corrected chi connectivity index (χ2v) is 7.80. The van der Waals surface area contributed by atoms with Crippen LogP contribution >= 0.6 is 0 Å². The van der Waals surface area contributed by atoms with E-state index in [0.29, 0.717) is 12.6 Å². The van der Waals surface area contributed by atoms with Gasteiger partial charge in [-0.05, 0) is 45.4 Å². The van der Waals surface area contributed by atoms with E-state index in [4.69, 9.17) is 0 Å². The average Bonchev–Trinajstić information content (AvgIpc) is 2.53. The Morgan fingerprint density at radius 2 is 2.00 bits per heavy atom. The van der Waals surface area contributed by atoms with Crippen molar-refractivity contribution < 1.29 is 13.3 Å². The van der Waals surface area contributed by atoms with Gasteiger partial charge in [-0.25, -0.2) is 13.1 Å². The summed E-state index contributed by atoms with van der Waals surface area (Å²) in [5.41, 5.74) is -0.126. The first-order chi connectivity index (χ1) is 10.8. The molecule has 1 aromatic rings. The molecule has 0 aliphatic carbocycles. The van der Waals surface area contributed by atoms with Gasteiger partial charge in [0.2, 0.25) is 10.0 Å². The first kappa shape index (κ1) is 17.8.